The highest BCUT2D eigenvalue weighted by atomic mass is 32.2. The molecule has 0 unspecified atom stereocenters. The maximum atomic E-state index is 10.8. The van der Waals surface area contributed by atoms with E-state index < -0.39 is 5.97 Å². The van der Waals surface area contributed by atoms with Crippen LogP contribution in [0.5, 0.6) is 0 Å². The summed E-state index contributed by atoms with van der Waals surface area (Å²) in [5.41, 5.74) is 1.23. The second-order valence-corrected chi connectivity index (χ2v) is 6.86. The highest BCUT2D eigenvalue weighted by Gasteiger charge is 2.19. The second kappa shape index (κ2) is 7.16. The number of aromatic nitrogens is 2. The summed E-state index contributed by atoms with van der Waals surface area (Å²) in [6.45, 7) is 5.33. The summed E-state index contributed by atoms with van der Waals surface area (Å²) in [7, 11) is 0. The van der Waals surface area contributed by atoms with E-state index in [9.17, 15) is 4.79 Å². The number of nitrogens with zero attached hydrogens (tertiary/aromatic N) is 2. The van der Waals surface area contributed by atoms with E-state index in [1.807, 2.05) is 6.20 Å². The van der Waals surface area contributed by atoms with Crippen LogP contribution in [-0.4, -0.2) is 26.4 Å². The van der Waals surface area contributed by atoms with Crippen molar-refractivity contribution in [2.24, 2.45) is 5.92 Å². The van der Waals surface area contributed by atoms with Crippen molar-refractivity contribution in [2.45, 2.75) is 63.6 Å². The topological polar surface area (TPSA) is 55.1 Å². The molecule has 2 rings (SSSR count). The lowest BCUT2D eigenvalue weighted by Gasteiger charge is -2.24. The molecule has 0 atom stereocenters. The lowest BCUT2D eigenvalue weighted by Crippen LogP contribution is -2.17. The zero-order chi connectivity index (χ0) is 14.5. The Morgan fingerprint density at radius 1 is 1.45 bits per heavy atom. The largest absolute Gasteiger partial charge is 0.481 e. The van der Waals surface area contributed by atoms with Crippen molar-refractivity contribution in [1.82, 2.24) is 9.55 Å². The quantitative estimate of drug-likeness (QED) is 0.812. The van der Waals surface area contributed by atoms with Crippen LogP contribution in [0.25, 0.3) is 0 Å². The maximum Gasteiger partial charge on any atom is 0.313 e. The van der Waals surface area contributed by atoms with Gasteiger partial charge in [0.1, 0.15) is 0 Å². The SMILES string of the molecule is CC(C)c1cnc(SCC(=O)O)n1CC1CCCCC1. The third-order valence-corrected chi connectivity index (χ3v) is 4.91. The van der Waals surface area contributed by atoms with Crippen molar-refractivity contribution in [3.8, 4) is 0 Å². The molecule has 1 aromatic heterocycles. The fourth-order valence-electron chi connectivity index (χ4n) is 2.88. The third-order valence-electron chi connectivity index (χ3n) is 3.93. The van der Waals surface area contributed by atoms with Gasteiger partial charge >= 0.3 is 5.97 Å². The van der Waals surface area contributed by atoms with E-state index in [1.54, 1.807) is 0 Å². The molecule has 20 heavy (non-hydrogen) atoms. The summed E-state index contributed by atoms with van der Waals surface area (Å²) in [4.78, 5) is 15.2. The number of rotatable bonds is 6. The fourth-order valence-corrected chi connectivity index (χ4v) is 3.60. The fraction of sp³-hybridized carbons (Fsp3) is 0.733. The Morgan fingerprint density at radius 3 is 2.75 bits per heavy atom. The van der Waals surface area contributed by atoms with E-state index >= 15 is 0 Å². The van der Waals surface area contributed by atoms with Crippen LogP contribution in [0.3, 0.4) is 0 Å². The van der Waals surface area contributed by atoms with Crippen molar-refractivity contribution in [2.75, 3.05) is 5.75 Å². The third kappa shape index (κ3) is 4.01. The minimum absolute atomic E-state index is 0.0826. The number of carboxylic acids is 1. The second-order valence-electron chi connectivity index (χ2n) is 5.92. The van der Waals surface area contributed by atoms with E-state index in [-0.39, 0.29) is 5.75 Å². The summed E-state index contributed by atoms with van der Waals surface area (Å²) in [6, 6.07) is 0. The highest BCUT2D eigenvalue weighted by Crippen LogP contribution is 2.29. The molecule has 0 aliphatic heterocycles. The Hall–Kier alpha value is -0.970. The van der Waals surface area contributed by atoms with Crippen LogP contribution in [0.15, 0.2) is 11.4 Å². The van der Waals surface area contributed by atoms with Gasteiger partial charge in [-0.2, -0.15) is 0 Å². The van der Waals surface area contributed by atoms with Crippen LogP contribution < -0.4 is 0 Å². The molecule has 1 aliphatic carbocycles. The number of carboxylic acid groups (broad SMARTS) is 1. The molecule has 0 spiro atoms. The van der Waals surface area contributed by atoms with Crippen molar-refractivity contribution in [3.05, 3.63) is 11.9 Å². The normalized spacial score (nSPS) is 16.8. The number of hydrogen-bond donors (Lipinski definition) is 1. The number of thioether (sulfide) groups is 1. The van der Waals surface area contributed by atoms with Gasteiger partial charge in [0.05, 0.1) is 5.75 Å². The average molecular weight is 296 g/mol. The molecule has 112 valence electrons. The zero-order valence-electron chi connectivity index (χ0n) is 12.3. The van der Waals surface area contributed by atoms with Gasteiger partial charge in [-0.05, 0) is 24.7 Å². The molecule has 4 nitrogen and oxygen atoms in total. The minimum Gasteiger partial charge on any atom is -0.481 e. The van der Waals surface area contributed by atoms with Crippen LogP contribution in [0.1, 0.15) is 57.6 Å². The summed E-state index contributed by atoms with van der Waals surface area (Å²) >= 11 is 1.33. The van der Waals surface area contributed by atoms with Crippen molar-refractivity contribution < 1.29 is 9.90 Å². The smallest absolute Gasteiger partial charge is 0.313 e. The average Bonchev–Trinajstić information content (AvgIpc) is 2.80. The molecule has 1 N–H and O–H groups in total. The van der Waals surface area contributed by atoms with Crippen molar-refractivity contribution in [3.63, 3.8) is 0 Å². The Bertz CT molecular complexity index is 451. The van der Waals surface area contributed by atoms with Crippen LogP contribution in [-0.2, 0) is 11.3 Å². The lowest BCUT2D eigenvalue weighted by atomic mass is 9.89. The van der Waals surface area contributed by atoms with E-state index in [1.165, 1.54) is 49.6 Å². The van der Waals surface area contributed by atoms with Gasteiger partial charge in [0.15, 0.2) is 5.16 Å². The zero-order valence-corrected chi connectivity index (χ0v) is 13.2. The first-order chi connectivity index (χ1) is 9.58. The summed E-state index contributed by atoms with van der Waals surface area (Å²) in [5, 5.41) is 9.71. The summed E-state index contributed by atoms with van der Waals surface area (Å²) < 4.78 is 2.26. The highest BCUT2D eigenvalue weighted by molar-refractivity contribution is 7.99. The Balaban J connectivity index is 2.12. The molecule has 0 radical (unpaired) electrons. The van der Waals surface area contributed by atoms with Crippen LogP contribution in [0, 0.1) is 5.92 Å². The molecule has 5 heteroatoms. The van der Waals surface area contributed by atoms with Gasteiger partial charge in [-0.25, -0.2) is 4.98 Å². The van der Waals surface area contributed by atoms with Gasteiger partial charge in [0, 0.05) is 18.4 Å². The molecule has 1 aliphatic rings. The van der Waals surface area contributed by atoms with Gasteiger partial charge < -0.3 is 9.67 Å². The Morgan fingerprint density at radius 2 is 2.15 bits per heavy atom. The standard InChI is InChI=1S/C15H24N2O2S/c1-11(2)13-8-16-15(20-10-14(18)19)17(13)9-12-6-4-3-5-7-12/h8,11-12H,3-7,9-10H2,1-2H3,(H,18,19). The first-order valence-electron chi connectivity index (χ1n) is 7.48. The molecule has 1 saturated carbocycles. The summed E-state index contributed by atoms with van der Waals surface area (Å²) in [5.74, 6) is 0.442. The Kier molecular flexibility index (Phi) is 5.52. The van der Waals surface area contributed by atoms with Crippen molar-refractivity contribution in [1.29, 1.82) is 0 Å². The first-order valence-corrected chi connectivity index (χ1v) is 8.46. The van der Waals surface area contributed by atoms with Crippen LogP contribution >= 0.6 is 11.8 Å². The molecule has 0 amide bonds. The van der Waals surface area contributed by atoms with Crippen molar-refractivity contribution >= 4 is 17.7 Å². The molecule has 0 bridgehead atoms. The summed E-state index contributed by atoms with van der Waals surface area (Å²) in [6.07, 6.45) is 8.51. The monoisotopic (exact) mass is 296 g/mol. The lowest BCUT2D eigenvalue weighted by molar-refractivity contribution is -0.133. The van der Waals surface area contributed by atoms with E-state index in [0.29, 0.717) is 5.92 Å². The molecule has 0 saturated heterocycles. The Labute approximate surface area is 125 Å². The van der Waals surface area contributed by atoms with Crippen LogP contribution in [0.2, 0.25) is 0 Å². The maximum absolute atomic E-state index is 10.8. The molecule has 1 heterocycles. The van der Waals surface area contributed by atoms with E-state index in [4.69, 9.17) is 5.11 Å². The number of aliphatic carboxylic acids is 1. The number of carbonyl (C=O) groups is 1. The molecule has 0 aromatic carbocycles. The van der Waals surface area contributed by atoms with Gasteiger partial charge in [-0.3, -0.25) is 4.79 Å². The van der Waals surface area contributed by atoms with Crippen LogP contribution in [0.4, 0.5) is 0 Å². The van der Waals surface area contributed by atoms with Gasteiger partial charge in [-0.15, -0.1) is 0 Å². The van der Waals surface area contributed by atoms with E-state index in [0.717, 1.165) is 17.6 Å². The predicted molar refractivity (Wildman–Crippen MR) is 81.3 cm³/mol. The molecular weight excluding hydrogens is 272 g/mol. The predicted octanol–water partition coefficient (Wildman–Crippen LogP) is 3.76. The van der Waals surface area contributed by atoms with E-state index in [2.05, 4.69) is 23.4 Å². The van der Waals surface area contributed by atoms with Gasteiger partial charge in [0.25, 0.3) is 0 Å². The minimum atomic E-state index is -0.784. The first kappa shape index (κ1) is 15.4. The van der Waals surface area contributed by atoms with Gasteiger partial charge in [0.2, 0.25) is 0 Å². The molecule has 1 aromatic rings. The number of hydrogen-bond acceptors (Lipinski definition) is 3. The van der Waals surface area contributed by atoms with Gasteiger partial charge in [-0.1, -0.05) is 44.9 Å². The molecule has 1 fully saturated rings. The number of imidazole rings is 1. The molecular formula is C15H24N2O2S.